The highest BCUT2D eigenvalue weighted by Crippen LogP contribution is 2.22. The molecule has 0 saturated heterocycles. The van der Waals surface area contributed by atoms with Gasteiger partial charge in [-0.1, -0.05) is 34.1 Å². The van der Waals surface area contributed by atoms with Crippen molar-refractivity contribution in [2.45, 2.75) is 47.5 Å². The molecule has 14 heavy (non-hydrogen) atoms. The van der Waals surface area contributed by atoms with E-state index in [0.29, 0.717) is 0 Å². The van der Waals surface area contributed by atoms with Gasteiger partial charge in [0, 0.05) is 12.8 Å². The van der Waals surface area contributed by atoms with Gasteiger partial charge in [-0.05, 0) is 30.4 Å². The van der Waals surface area contributed by atoms with E-state index in [1.807, 2.05) is 12.3 Å². The van der Waals surface area contributed by atoms with Crippen LogP contribution in [0, 0.1) is 5.41 Å². The molecule has 0 aromatic heterocycles. The van der Waals surface area contributed by atoms with Crippen molar-refractivity contribution in [1.29, 1.82) is 0 Å². The normalized spacial score (nSPS) is 11.5. The van der Waals surface area contributed by atoms with Gasteiger partial charge in [0.1, 0.15) is 0 Å². The van der Waals surface area contributed by atoms with Crippen LogP contribution in [0.4, 0.5) is 0 Å². The zero-order valence-corrected chi connectivity index (χ0v) is 10.2. The third-order valence-electron chi connectivity index (χ3n) is 2.25. The van der Waals surface area contributed by atoms with E-state index in [-0.39, 0.29) is 5.41 Å². The fraction of sp³-hybridized carbons (Fsp3) is 0.692. The highest BCUT2D eigenvalue weighted by Gasteiger charge is 2.10. The minimum atomic E-state index is 0.216. The molecule has 0 rings (SSSR count). The summed E-state index contributed by atoms with van der Waals surface area (Å²) in [4.78, 5) is 4.26. The summed E-state index contributed by atoms with van der Waals surface area (Å²) in [6, 6.07) is 0. The molecule has 1 nitrogen and oxygen atoms in total. The van der Waals surface area contributed by atoms with E-state index in [1.165, 1.54) is 18.4 Å². The topological polar surface area (TPSA) is 12.4 Å². The maximum absolute atomic E-state index is 4.26. The number of hydrogen-bond donors (Lipinski definition) is 0. The molecule has 0 aliphatic heterocycles. The van der Waals surface area contributed by atoms with Crippen molar-refractivity contribution in [2.75, 3.05) is 6.54 Å². The first-order chi connectivity index (χ1) is 6.48. The lowest BCUT2D eigenvalue weighted by Gasteiger charge is -2.16. The van der Waals surface area contributed by atoms with Gasteiger partial charge in [-0.15, -0.1) is 5.73 Å². The SMILES string of the molecule is CCCCN=CC=C=C(C)C(C)(C)C. The molecule has 0 aromatic carbocycles. The molecule has 0 amide bonds. The summed E-state index contributed by atoms with van der Waals surface area (Å²) >= 11 is 0. The Morgan fingerprint density at radius 1 is 1.36 bits per heavy atom. The summed E-state index contributed by atoms with van der Waals surface area (Å²) in [7, 11) is 0. The van der Waals surface area contributed by atoms with Gasteiger partial charge in [0.05, 0.1) is 0 Å². The summed E-state index contributed by atoms with van der Waals surface area (Å²) in [5.74, 6) is 0. The van der Waals surface area contributed by atoms with Crippen molar-refractivity contribution in [2.24, 2.45) is 10.4 Å². The zero-order valence-electron chi connectivity index (χ0n) is 10.2. The maximum atomic E-state index is 4.26. The van der Waals surface area contributed by atoms with Crippen molar-refractivity contribution in [3.05, 3.63) is 17.4 Å². The Labute approximate surface area is 88.6 Å². The van der Waals surface area contributed by atoms with Crippen LogP contribution in [0.3, 0.4) is 0 Å². The van der Waals surface area contributed by atoms with Crippen molar-refractivity contribution in [1.82, 2.24) is 0 Å². The first-order valence-electron chi connectivity index (χ1n) is 5.40. The van der Waals surface area contributed by atoms with E-state index in [0.717, 1.165) is 6.54 Å². The molecule has 0 aliphatic carbocycles. The summed E-state index contributed by atoms with van der Waals surface area (Å²) in [6.07, 6.45) is 6.14. The second kappa shape index (κ2) is 6.62. The number of nitrogens with zero attached hydrogens (tertiary/aromatic N) is 1. The molecule has 0 atom stereocenters. The predicted octanol–water partition coefficient (Wildman–Crippen LogP) is 4.00. The molecule has 0 fully saturated rings. The highest BCUT2D eigenvalue weighted by atomic mass is 14.7. The third-order valence-corrected chi connectivity index (χ3v) is 2.25. The van der Waals surface area contributed by atoms with E-state index >= 15 is 0 Å². The molecular formula is C13H23N. The second-order valence-electron chi connectivity index (χ2n) is 4.59. The van der Waals surface area contributed by atoms with Crippen LogP contribution in [-0.4, -0.2) is 12.8 Å². The summed E-state index contributed by atoms with van der Waals surface area (Å²) in [6.45, 7) is 11.8. The Morgan fingerprint density at radius 2 is 2.00 bits per heavy atom. The quantitative estimate of drug-likeness (QED) is 0.363. The smallest absolute Gasteiger partial charge is 0.0389 e. The minimum absolute atomic E-state index is 0.216. The Hall–Kier alpha value is -0.810. The van der Waals surface area contributed by atoms with E-state index in [9.17, 15) is 0 Å². The van der Waals surface area contributed by atoms with Crippen molar-refractivity contribution in [3.8, 4) is 0 Å². The number of rotatable bonds is 4. The van der Waals surface area contributed by atoms with Gasteiger partial charge in [-0.3, -0.25) is 4.99 Å². The fourth-order valence-corrected chi connectivity index (χ4v) is 0.755. The molecule has 0 bridgehead atoms. The molecule has 0 unspecified atom stereocenters. The van der Waals surface area contributed by atoms with Crippen LogP contribution in [0.1, 0.15) is 47.5 Å². The lowest BCUT2D eigenvalue weighted by Crippen LogP contribution is -2.05. The maximum Gasteiger partial charge on any atom is 0.0389 e. The van der Waals surface area contributed by atoms with Gasteiger partial charge in [0.25, 0.3) is 0 Å². The van der Waals surface area contributed by atoms with Crippen molar-refractivity contribution >= 4 is 6.21 Å². The molecule has 0 aromatic rings. The van der Waals surface area contributed by atoms with Gasteiger partial charge in [0.2, 0.25) is 0 Å². The first-order valence-corrected chi connectivity index (χ1v) is 5.40. The van der Waals surface area contributed by atoms with E-state index in [1.54, 1.807) is 0 Å². The van der Waals surface area contributed by atoms with Gasteiger partial charge < -0.3 is 0 Å². The number of unbranched alkanes of at least 4 members (excludes halogenated alkanes) is 1. The summed E-state index contributed by atoms with van der Waals surface area (Å²) in [5, 5.41) is 0. The molecule has 80 valence electrons. The van der Waals surface area contributed by atoms with Crippen LogP contribution in [0.5, 0.6) is 0 Å². The Morgan fingerprint density at radius 3 is 2.50 bits per heavy atom. The Bertz CT molecular complexity index is 234. The molecule has 0 saturated carbocycles. The summed E-state index contributed by atoms with van der Waals surface area (Å²) in [5.41, 5.74) is 4.72. The molecular weight excluding hydrogens is 170 g/mol. The van der Waals surface area contributed by atoms with E-state index in [2.05, 4.69) is 45.3 Å². The van der Waals surface area contributed by atoms with Gasteiger partial charge >= 0.3 is 0 Å². The van der Waals surface area contributed by atoms with E-state index in [4.69, 9.17) is 0 Å². The molecule has 0 spiro atoms. The Balaban J connectivity index is 4.09. The second-order valence-corrected chi connectivity index (χ2v) is 4.59. The molecule has 0 heterocycles. The van der Waals surface area contributed by atoms with Crippen molar-refractivity contribution < 1.29 is 0 Å². The highest BCUT2D eigenvalue weighted by molar-refractivity contribution is 5.70. The Kier molecular flexibility index (Phi) is 6.23. The third kappa shape index (κ3) is 6.68. The van der Waals surface area contributed by atoms with Crippen LogP contribution in [-0.2, 0) is 0 Å². The molecule has 1 heteroatoms. The fourth-order valence-electron chi connectivity index (χ4n) is 0.755. The first kappa shape index (κ1) is 13.2. The van der Waals surface area contributed by atoms with Crippen molar-refractivity contribution in [3.63, 3.8) is 0 Å². The lowest BCUT2D eigenvalue weighted by molar-refractivity contribution is 0.505. The molecule has 0 N–H and O–H groups in total. The van der Waals surface area contributed by atoms with Crippen LogP contribution < -0.4 is 0 Å². The van der Waals surface area contributed by atoms with Crippen LogP contribution in [0.25, 0.3) is 0 Å². The molecule has 0 radical (unpaired) electrons. The summed E-state index contributed by atoms with van der Waals surface area (Å²) < 4.78 is 0. The van der Waals surface area contributed by atoms with Gasteiger partial charge in [-0.2, -0.15) is 0 Å². The largest absolute Gasteiger partial charge is 0.293 e. The number of allylic oxidation sites excluding steroid dienone is 1. The predicted molar refractivity (Wildman–Crippen MR) is 65.0 cm³/mol. The van der Waals surface area contributed by atoms with Gasteiger partial charge in [-0.25, -0.2) is 0 Å². The van der Waals surface area contributed by atoms with E-state index < -0.39 is 0 Å². The van der Waals surface area contributed by atoms with Crippen LogP contribution >= 0.6 is 0 Å². The lowest BCUT2D eigenvalue weighted by atomic mass is 9.88. The molecule has 0 aliphatic rings. The average molecular weight is 193 g/mol. The standard InChI is InChI=1S/C13H23N/c1-6-7-10-14-11-8-9-12(2)13(3,4)5/h8,11H,6-7,10H2,1-5H3. The monoisotopic (exact) mass is 193 g/mol. The number of aliphatic imine (C=N–C) groups is 1. The van der Waals surface area contributed by atoms with Crippen LogP contribution in [0.2, 0.25) is 0 Å². The zero-order chi connectivity index (χ0) is 11.0. The van der Waals surface area contributed by atoms with Gasteiger partial charge in [0.15, 0.2) is 0 Å². The average Bonchev–Trinajstić information content (AvgIpc) is 2.09. The minimum Gasteiger partial charge on any atom is -0.293 e. The van der Waals surface area contributed by atoms with Crippen LogP contribution in [0.15, 0.2) is 22.4 Å². The number of hydrogen-bond acceptors (Lipinski definition) is 1.